The molecule has 0 aliphatic carbocycles. The second-order valence-corrected chi connectivity index (χ2v) is 7.99. The quantitative estimate of drug-likeness (QED) is 0.348. The average Bonchev–Trinajstić information content (AvgIpc) is 2.88. The van der Waals surface area contributed by atoms with Gasteiger partial charge in [0.1, 0.15) is 0 Å². The molecule has 1 aliphatic rings. The monoisotopic (exact) mass is 411 g/mol. The Morgan fingerprint density at radius 3 is 2.19 bits per heavy atom. The van der Waals surface area contributed by atoms with Gasteiger partial charge in [0.25, 0.3) is 0 Å². The van der Waals surface area contributed by atoms with Gasteiger partial charge in [0, 0.05) is 17.5 Å². The van der Waals surface area contributed by atoms with E-state index in [4.69, 9.17) is 0 Å². The predicted octanol–water partition coefficient (Wildman–Crippen LogP) is 8.50. The summed E-state index contributed by atoms with van der Waals surface area (Å²) < 4.78 is 0. The predicted molar refractivity (Wildman–Crippen MR) is 138 cm³/mol. The van der Waals surface area contributed by atoms with Gasteiger partial charge in [-0.3, -0.25) is 0 Å². The highest BCUT2D eigenvalue weighted by Gasteiger charge is 2.11. The van der Waals surface area contributed by atoms with Crippen molar-refractivity contribution in [3.63, 3.8) is 0 Å². The van der Waals surface area contributed by atoms with Crippen LogP contribution in [-0.4, -0.2) is 0 Å². The minimum atomic E-state index is 1.10. The highest BCUT2D eigenvalue weighted by Crippen LogP contribution is 2.36. The van der Waals surface area contributed by atoms with Gasteiger partial charge in [-0.2, -0.15) is 0 Å². The fraction of sp³-hybridized carbons (Fsp3) is 0.0323. The number of rotatable bonds is 2. The first-order valence-corrected chi connectivity index (χ1v) is 11.0. The summed E-state index contributed by atoms with van der Waals surface area (Å²) in [5, 5.41) is 3.44. The molecule has 4 aromatic carbocycles. The van der Waals surface area contributed by atoms with Crippen LogP contribution in [0.25, 0.3) is 39.5 Å². The van der Waals surface area contributed by atoms with E-state index in [2.05, 4.69) is 121 Å². The molecule has 0 fully saturated rings. The van der Waals surface area contributed by atoms with Gasteiger partial charge >= 0.3 is 0 Å². The topological polar surface area (TPSA) is 12.0 Å². The molecule has 1 N–H and O–H groups in total. The summed E-state index contributed by atoms with van der Waals surface area (Å²) in [5.41, 5.74) is 10.9. The lowest BCUT2D eigenvalue weighted by molar-refractivity contribution is 1.46. The zero-order valence-corrected chi connectivity index (χ0v) is 18.1. The molecular weight excluding hydrogens is 386 g/mol. The van der Waals surface area contributed by atoms with Crippen LogP contribution in [0, 0.1) is 6.92 Å². The Labute approximate surface area is 190 Å². The highest BCUT2D eigenvalue weighted by atomic mass is 14.8. The molecule has 0 atom stereocenters. The lowest BCUT2D eigenvalue weighted by Gasteiger charge is -2.15. The van der Waals surface area contributed by atoms with E-state index in [1.165, 1.54) is 44.5 Å². The van der Waals surface area contributed by atoms with Crippen LogP contribution in [0.5, 0.6) is 0 Å². The molecule has 0 saturated heterocycles. The van der Waals surface area contributed by atoms with Gasteiger partial charge in [-0.25, -0.2) is 0 Å². The van der Waals surface area contributed by atoms with Crippen molar-refractivity contribution in [3.05, 3.63) is 133 Å². The lowest BCUT2D eigenvalue weighted by atomic mass is 9.91. The molecule has 1 heterocycles. The molecule has 1 heteroatoms. The van der Waals surface area contributed by atoms with Crippen molar-refractivity contribution in [2.75, 3.05) is 5.32 Å². The van der Waals surface area contributed by atoms with Crippen LogP contribution in [-0.2, 0) is 0 Å². The first kappa shape index (κ1) is 19.8. The van der Waals surface area contributed by atoms with E-state index in [-0.39, 0.29) is 0 Å². The van der Waals surface area contributed by atoms with Gasteiger partial charge in [0.05, 0.1) is 0 Å². The minimum absolute atomic E-state index is 1.10. The van der Waals surface area contributed by atoms with Gasteiger partial charge in [0.15, 0.2) is 0 Å². The molecule has 0 unspecified atom stereocenters. The molecule has 0 bridgehead atoms. The number of benzene rings is 4. The summed E-state index contributed by atoms with van der Waals surface area (Å²) in [7, 11) is 0. The Hall–Kier alpha value is -4.10. The largest absolute Gasteiger partial charge is 0.361 e. The van der Waals surface area contributed by atoms with E-state index in [1.807, 2.05) is 18.4 Å². The van der Waals surface area contributed by atoms with Crippen LogP contribution >= 0.6 is 0 Å². The Morgan fingerprint density at radius 2 is 1.28 bits per heavy atom. The molecule has 154 valence electrons. The number of para-hydroxylation sites is 1. The fourth-order valence-electron chi connectivity index (χ4n) is 4.20. The second-order valence-electron chi connectivity index (χ2n) is 7.99. The summed E-state index contributed by atoms with van der Waals surface area (Å²) in [6.07, 6.45) is 12.3. The van der Waals surface area contributed by atoms with Crippen molar-refractivity contribution in [1.29, 1.82) is 0 Å². The van der Waals surface area contributed by atoms with E-state index in [9.17, 15) is 0 Å². The second kappa shape index (κ2) is 8.95. The third kappa shape index (κ3) is 4.06. The van der Waals surface area contributed by atoms with Crippen molar-refractivity contribution in [3.8, 4) is 33.4 Å². The van der Waals surface area contributed by atoms with Gasteiger partial charge in [-0.15, -0.1) is 0 Å². The third-order valence-corrected chi connectivity index (χ3v) is 5.87. The molecule has 0 amide bonds. The van der Waals surface area contributed by atoms with Crippen LogP contribution in [0.1, 0.15) is 11.1 Å². The van der Waals surface area contributed by atoms with Crippen molar-refractivity contribution in [2.24, 2.45) is 0 Å². The molecule has 0 spiro atoms. The van der Waals surface area contributed by atoms with Gasteiger partial charge in [-0.05, 0) is 70.1 Å². The van der Waals surface area contributed by atoms with Crippen LogP contribution in [0.2, 0.25) is 0 Å². The SMILES string of the molecule is Cc1ccccc1-c1cccc(-c2ccc3c(c2)-c2ccccc2N/C=C/C=C\C=C/3)c1. The summed E-state index contributed by atoms with van der Waals surface area (Å²) >= 11 is 0. The molecular formula is C31H25N. The summed E-state index contributed by atoms with van der Waals surface area (Å²) in [5.74, 6) is 0. The van der Waals surface area contributed by atoms with Crippen LogP contribution in [0.3, 0.4) is 0 Å². The van der Waals surface area contributed by atoms with E-state index in [0.29, 0.717) is 0 Å². The molecule has 4 aromatic rings. The van der Waals surface area contributed by atoms with Crippen LogP contribution in [0.15, 0.2) is 121 Å². The molecule has 0 saturated carbocycles. The molecule has 0 radical (unpaired) electrons. The summed E-state index contributed by atoms with van der Waals surface area (Å²) in [6.45, 7) is 2.17. The number of aryl methyl sites for hydroxylation is 1. The highest BCUT2D eigenvalue weighted by molar-refractivity contribution is 5.88. The zero-order chi connectivity index (χ0) is 21.8. The normalized spacial score (nSPS) is 15.4. The average molecular weight is 412 g/mol. The molecule has 5 rings (SSSR count). The molecule has 0 aromatic heterocycles. The lowest BCUT2D eigenvalue weighted by Crippen LogP contribution is -1.93. The number of fused-ring (bicyclic) bond motifs is 3. The standard InChI is InChI=1S/C31H25N/c1-23-11-5-6-15-28(23)27-14-10-13-25(21-27)26-19-18-24-12-4-2-3-9-20-32-31-17-8-7-16-29(31)30(24)22-26/h2-22,32H,1H3/b3-2-,12-4-,20-9+. The van der Waals surface area contributed by atoms with E-state index in [0.717, 1.165) is 5.69 Å². The third-order valence-electron chi connectivity index (χ3n) is 5.87. The molecule has 1 nitrogen and oxygen atoms in total. The van der Waals surface area contributed by atoms with Gasteiger partial charge in [-0.1, -0.05) is 97.1 Å². The summed E-state index contributed by atoms with van der Waals surface area (Å²) in [6, 6.07) is 32.6. The van der Waals surface area contributed by atoms with E-state index < -0.39 is 0 Å². The van der Waals surface area contributed by atoms with Crippen LogP contribution < -0.4 is 5.32 Å². The van der Waals surface area contributed by atoms with Crippen molar-refractivity contribution < 1.29 is 0 Å². The number of hydrogen-bond donors (Lipinski definition) is 1. The minimum Gasteiger partial charge on any atom is -0.361 e. The van der Waals surface area contributed by atoms with Gasteiger partial charge < -0.3 is 5.32 Å². The zero-order valence-electron chi connectivity index (χ0n) is 18.1. The number of hydrogen-bond acceptors (Lipinski definition) is 1. The number of allylic oxidation sites excluding steroid dienone is 4. The first-order chi connectivity index (χ1) is 15.8. The van der Waals surface area contributed by atoms with Crippen molar-refractivity contribution in [2.45, 2.75) is 6.92 Å². The van der Waals surface area contributed by atoms with Crippen molar-refractivity contribution in [1.82, 2.24) is 0 Å². The molecule has 32 heavy (non-hydrogen) atoms. The van der Waals surface area contributed by atoms with Gasteiger partial charge in [0.2, 0.25) is 0 Å². The van der Waals surface area contributed by atoms with E-state index >= 15 is 0 Å². The maximum absolute atomic E-state index is 3.44. The van der Waals surface area contributed by atoms with Crippen LogP contribution in [0.4, 0.5) is 5.69 Å². The van der Waals surface area contributed by atoms with E-state index in [1.54, 1.807) is 0 Å². The first-order valence-electron chi connectivity index (χ1n) is 11.0. The Morgan fingerprint density at radius 1 is 0.531 bits per heavy atom. The number of nitrogens with one attached hydrogen (secondary N) is 1. The molecule has 1 aliphatic heterocycles. The maximum atomic E-state index is 3.44. The number of anilines is 1. The Balaban J connectivity index is 1.65. The Bertz CT molecular complexity index is 1350. The fourth-order valence-corrected chi connectivity index (χ4v) is 4.20. The Kier molecular flexibility index (Phi) is 5.55. The summed E-state index contributed by atoms with van der Waals surface area (Å²) in [4.78, 5) is 0. The van der Waals surface area contributed by atoms with Crippen molar-refractivity contribution >= 4 is 11.8 Å². The smallest absolute Gasteiger partial charge is 0.0459 e. The maximum Gasteiger partial charge on any atom is 0.0459 e.